The van der Waals surface area contributed by atoms with Crippen LogP contribution in [0.15, 0.2) is 0 Å². The molecule has 4 saturated carbocycles. The fraction of sp³-hybridized carbons (Fsp3) is 0.913. The Morgan fingerprint density at radius 1 is 0.966 bits per heavy atom. The van der Waals surface area contributed by atoms with E-state index >= 15 is 4.39 Å². The molecular formula is C23H35FO5. The summed E-state index contributed by atoms with van der Waals surface area (Å²) in [6.45, 7) is 6.81. The SMILES string of the molecule is CC(=O)OC1(OC(C)=O)CC[C@]2(C)[C@H]3CC[C@]4(C)CCC[C@H]4[C@@H]3C[C@@H](O)[C@@]2(F)C1. The Bertz CT molecular complexity index is 693. The molecule has 4 aliphatic carbocycles. The predicted octanol–water partition coefficient (Wildman–Crippen LogP) is 4.30. The molecule has 0 saturated heterocycles. The molecule has 0 spiro atoms. The minimum Gasteiger partial charge on any atom is -0.423 e. The van der Waals surface area contributed by atoms with E-state index in [9.17, 15) is 14.7 Å². The summed E-state index contributed by atoms with van der Waals surface area (Å²) in [4.78, 5) is 23.4. The molecule has 0 heterocycles. The monoisotopic (exact) mass is 410 g/mol. The summed E-state index contributed by atoms with van der Waals surface area (Å²) >= 11 is 0. The second-order valence-corrected chi connectivity index (χ2v) is 10.8. The number of aliphatic hydroxyl groups is 1. The molecule has 1 N–H and O–H groups in total. The second kappa shape index (κ2) is 6.66. The number of ether oxygens (including phenoxy) is 2. The first-order chi connectivity index (χ1) is 13.4. The lowest BCUT2D eigenvalue weighted by atomic mass is 9.43. The molecular weight excluding hydrogens is 375 g/mol. The number of halogens is 1. The molecule has 0 radical (unpaired) electrons. The van der Waals surface area contributed by atoms with Gasteiger partial charge in [0.05, 0.1) is 12.5 Å². The molecule has 0 amide bonds. The van der Waals surface area contributed by atoms with E-state index in [0.717, 1.165) is 12.8 Å². The van der Waals surface area contributed by atoms with E-state index in [-0.39, 0.29) is 18.8 Å². The third-order valence-corrected chi connectivity index (χ3v) is 9.22. The topological polar surface area (TPSA) is 72.8 Å². The summed E-state index contributed by atoms with van der Waals surface area (Å²) in [5.74, 6) is -1.78. The van der Waals surface area contributed by atoms with Crippen LogP contribution in [0.25, 0.3) is 0 Å². The van der Waals surface area contributed by atoms with Gasteiger partial charge in [-0.1, -0.05) is 20.3 Å². The lowest BCUT2D eigenvalue weighted by Gasteiger charge is -2.64. The normalized spacial score (nSPS) is 48.1. The largest absolute Gasteiger partial charge is 0.423 e. The van der Waals surface area contributed by atoms with Crippen molar-refractivity contribution in [3.05, 3.63) is 0 Å². The zero-order chi connectivity index (χ0) is 21.2. The summed E-state index contributed by atoms with van der Waals surface area (Å²) < 4.78 is 27.5. The van der Waals surface area contributed by atoms with Gasteiger partial charge in [0, 0.05) is 25.7 Å². The van der Waals surface area contributed by atoms with Gasteiger partial charge in [-0.3, -0.25) is 9.59 Å². The van der Waals surface area contributed by atoms with Gasteiger partial charge in [-0.2, -0.15) is 0 Å². The zero-order valence-corrected chi connectivity index (χ0v) is 18.1. The second-order valence-electron chi connectivity index (χ2n) is 10.8. The molecule has 29 heavy (non-hydrogen) atoms. The molecule has 6 heteroatoms. The van der Waals surface area contributed by atoms with E-state index < -0.39 is 34.9 Å². The van der Waals surface area contributed by atoms with Crippen molar-refractivity contribution in [3.8, 4) is 0 Å². The summed E-state index contributed by atoms with van der Waals surface area (Å²) in [5, 5.41) is 11.1. The van der Waals surface area contributed by atoms with Crippen LogP contribution in [-0.4, -0.2) is 34.6 Å². The zero-order valence-electron chi connectivity index (χ0n) is 18.1. The van der Waals surface area contributed by atoms with E-state index in [4.69, 9.17) is 9.47 Å². The number of rotatable bonds is 2. The van der Waals surface area contributed by atoms with Gasteiger partial charge < -0.3 is 14.6 Å². The van der Waals surface area contributed by atoms with Gasteiger partial charge in [-0.25, -0.2) is 4.39 Å². The number of carbonyl (C=O) groups is 2. The van der Waals surface area contributed by atoms with E-state index in [1.807, 2.05) is 6.92 Å². The van der Waals surface area contributed by atoms with Crippen LogP contribution in [0.5, 0.6) is 0 Å². The summed E-state index contributed by atoms with van der Waals surface area (Å²) in [5.41, 5.74) is -2.35. The van der Waals surface area contributed by atoms with E-state index in [2.05, 4.69) is 6.92 Å². The first-order valence-electron chi connectivity index (χ1n) is 11.2. The smallest absolute Gasteiger partial charge is 0.305 e. The van der Waals surface area contributed by atoms with E-state index in [1.54, 1.807) is 0 Å². The first kappa shape index (κ1) is 21.1. The molecule has 0 unspecified atom stereocenters. The lowest BCUT2D eigenvalue weighted by Crippen LogP contribution is -2.69. The number of fused-ring (bicyclic) bond motifs is 5. The maximum atomic E-state index is 16.8. The highest BCUT2D eigenvalue weighted by atomic mass is 19.1. The third kappa shape index (κ3) is 3.03. The molecule has 0 aromatic rings. The van der Waals surface area contributed by atoms with Crippen molar-refractivity contribution in [2.45, 2.75) is 103 Å². The van der Waals surface area contributed by atoms with E-state index in [0.29, 0.717) is 30.1 Å². The standard InChI is InChI=1S/C23H35FO5/c1-14(25)28-22(29-15(2)26)11-10-21(4)18-7-9-20(3)8-5-6-17(20)16(18)12-19(27)23(21,24)13-22/h16-19,27H,5-13H2,1-4H3/t16-,17-,18-,19+,20-,21+,23-/m0/s1. The Balaban J connectivity index is 1.68. The number of carbonyl (C=O) groups excluding carboxylic acids is 2. The van der Waals surface area contributed by atoms with Gasteiger partial charge in [0.15, 0.2) is 0 Å². The molecule has 0 aliphatic heterocycles. The van der Waals surface area contributed by atoms with Gasteiger partial charge in [-0.15, -0.1) is 0 Å². The van der Waals surface area contributed by atoms with Gasteiger partial charge in [0.2, 0.25) is 0 Å². The van der Waals surface area contributed by atoms with Crippen LogP contribution in [0.2, 0.25) is 0 Å². The average molecular weight is 411 g/mol. The van der Waals surface area contributed by atoms with Crippen LogP contribution >= 0.6 is 0 Å². The lowest BCUT2D eigenvalue weighted by molar-refractivity contribution is -0.300. The Morgan fingerprint density at radius 3 is 2.24 bits per heavy atom. The Hall–Kier alpha value is -1.17. The van der Waals surface area contributed by atoms with Gasteiger partial charge in [0.25, 0.3) is 5.79 Å². The van der Waals surface area contributed by atoms with Gasteiger partial charge >= 0.3 is 11.9 Å². The van der Waals surface area contributed by atoms with Crippen molar-refractivity contribution in [3.63, 3.8) is 0 Å². The minimum absolute atomic E-state index is 0.194. The van der Waals surface area contributed by atoms with Gasteiger partial charge in [0.1, 0.15) is 5.67 Å². The number of esters is 2. The Labute approximate surface area is 172 Å². The van der Waals surface area contributed by atoms with Crippen molar-refractivity contribution in [1.82, 2.24) is 0 Å². The number of hydrogen-bond acceptors (Lipinski definition) is 5. The van der Waals surface area contributed by atoms with Crippen LogP contribution in [0.3, 0.4) is 0 Å². The quantitative estimate of drug-likeness (QED) is 0.543. The Kier molecular flexibility index (Phi) is 4.84. The highest BCUT2D eigenvalue weighted by Crippen LogP contribution is 2.69. The van der Waals surface area contributed by atoms with Crippen molar-refractivity contribution in [2.24, 2.45) is 28.6 Å². The van der Waals surface area contributed by atoms with Crippen LogP contribution in [0, 0.1) is 28.6 Å². The minimum atomic E-state index is -1.95. The van der Waals surface area contributed by atoms with Crippen molar-refractivity contribution < 1.29 is 28.6 Å². The summed E-state index contributed by atoms with van der Waals surface area (Å²) in [6.07, 6.45) is 5.40. The third-order valence-electron chi connectivity index (χ3n) is 9.22. The fourth-order valence-electron chi connectivity index (χ4n) is 7.90. The average Bonchev–Trinajstić information content (AvgIpc) is 2.99. The highest BCUT2D eigenvalue weighted by molar-refractivity contribution is 5.69. The summed E-state index contributed by atoms with van der Waals surface area (Å²) in [6, 6.07) is 0. The maximum Gasteiger partial charge on any atom is 0.305 e. The van der Waals surface area contributed by atoms with Gasteiger partial charge in [-0.05, 0) is 61.7 Å². The van der Waals surface area contributed by atoms with Crippen molar-refractivity contribution in [1.29, 1.82) is 0 Å². The van der Waals surface area contributed by atoms with E-state index in [1.165, 1.54) is 33.1 Å². The number of hydrogen-bond donors (Lipinski definition) is 1. The summed E-state index contributed by atoms with van der Waals surface area (Å²) in [7, 11) is 0. The molecule has 4 aliphatic rings. The van der Waals surface area contributed by atoms with Crippen LogP contribution in [0.4, 0.5) is 4.39 Å². The molecule has 0 aromatic carbocycles. The fourth-order valence-corrected chi connectivity index (χ4v) is 7.90. The molecule has 4 fully saturated rings. The number of aliphatic hydroxyl groups excluding tert-OH is 1. The molecule has 164 valence electrons. The molecule has 0 bridgehead atoms. The van der Waals surface area contributed by atoms with Crippen molar-refractivity contribution in [2.75, 3.05) is 0 Å². The van der Waals surface area contributed by atoms with Crippen LogP contribution in [0.1, 0.15) is 85.5 Å². The van der Waals surface area contributed by atoms with Crippen LogP contribution < -0.4 is 0 Å². The van der Waals surface area contributed by atoms with Crippen LogP contribution in [-0.2, 0) is 19.1 Å². The van der Waals surface area contributed by atoms with Crippen molar-refractivity contribution >= 4 is 11.9 Å². The maximum absolute atomic E-state index is 16.8. The molecule has 4 rings (SSSR count). The first-order valence-corrected chi connectivity index (χ1v) is 11.2. The molecule has 0 aromatic heterocycles. The predicted molar refractivity (Wildman–Crippen MR) is 104 cm³/mol. The Morgan fingerprint density at radius 2 is 1.62 bits per heavy atom. The molecule has 5 nitrogen and oxygen atoms in total. The highest BCUT2D eigenvalue weighted by Gasteiger charge is 2.71. The molecule has 7 atom stereocenters. The number of alkyl halides is 1.